The summed E-state index contributed by atoms with van der Waals surface area (Å²) in [5.74, 6) is 1.13. The molecule has 4 nitrogen and oxygen atoms in total. The van der Waals surface area contributed by atoms with Crippen molar-refractivity contribution in [2.75, 3.05) is 5.75 Å². The largest absolute Gasteiger partial charge is 0.345 e. The van der Waals surface area contributed by atoms with Crippen molar-refractivity contribution in [1.82, 2.24) is 14.5 Å². The maximum Gasteiger partial charge on any atom is 0.160 e. The second-order valence-electron chi connectivity index (χ2n) is 7.94. The van der Waals surface area contributed by atoms with Crippen LogP contribution in [0.25, 0.3) is 10.9 Å². The van der Waals surface area contributed by atoms with Gasteiger partial charge >= 0.3 is 0 Å². The highest BCUT2D eigenvalue weighted by atomic mass is 32.2. The molecule has 28 heavy (non-hydrogen) atoms. The van der Waals surface area contributed by atoms with Crippen LogP contribution >= 0.6 is 11.8 Å². The van der Waals surface area contributed by atoms with Gasteiger partial charge in [0.25, 0.3) is 0 Å². The summed E-state index contributed by atoms with van der Waals surface area (Å²) in [5, 5.41) is 2.53. The molecular weight excluding hydrogens is 364 g/mol. The SMILES string of the molecule is CC[C@H]1CSC2=N[C@@H](c3ccccn3)[C@@H](c3cn(C(C)C)c4ccccc34)N21. The van der Waals surface area contributed by atoms with E-state index < -0.39 is 0 Å². The van der Waals surface area contributed by atoms with Gasteiger partial charge in [-0.05, 0) is 38.5 Å². The molecule has 2 aromatic heterocycles. The van der Waals surface area contributed by atoms with Crippen LogP contribution in [0.5, 0.6) is 0 Å². The number of benzene rings is 1. The number of thioether (sulfide) groups is 1. The Hall–Kier alpha value is -2.27. The molecule has 5 rings (SSSR count). The van der Waals surface area contributed by atoms with E-state index >= 15 is 0 Å². The quantitative estimate of drug-likeness (QED) is 0.582. The monoisotopic (exact) mass is 390 g/mol. The molecule has 2 aliphatic heterocycles. The molecule has 0 aliphatic carbocycles. The molecule has 2 aliphatic rings. The van der Waals surface area contributed by atoms with Gasteiger partial charge in [0.15, 0.2) is 5.17 Å². The minimum absolute atomic E-state index is 0.0458. The molecule has 3 aromatic rings. The van der Waals surface area contributed by atoms with Crippen molar-refractivity contribution in [2.45, 2.75) is 51.4 Å². The number of rotatable bonds is 4. The standard InChI is InChI=1S/C23H26N4S/c1-4-16-14-28-23-25-21(19-10-7-8-12-24-19)22(27(16)23)18-13-26(15(2)3)20-11-6-5-9-17(18)20/h5-13,15-16,21-22H,4,14H2,1-3H3/t16-,21-,22+/m0/s1. The lowest BCUT2D eigenvalue weighted by Crippen LogP contribution is -2.35. The Bertz CT molecular complexity index is 1020. The van der Waals surface area contributed by atoms with E-state index in [1.807, 2.05) is 24.0 Å². The van der Waals surface area contributed by atoms with E-state index in [2.05, 4.69) is 77.8 Å². The maximum atomic E-state index is 5.17. The Morgan fingerprint density at radius 3 is 2.71 bits per heavy atom. The lowest BCUT2D eigenvalue weighted by molar-refractivity contribution is 0.256. The van der Waals surface area contributed by atoms with Crippen LogP contribution in [0, 0.1) is 0 Å². The molecule has 5 heteroatoms. The van der Waals surface area contributed by atoms with E-state index in [1.54, 1.807) is 0 Å². The minimum Gasteiger partial charge on any atom is -0.345 e. The lowest BCUT2D eigenvalue weighted by atomic mass is 9.95. The fourth-order valence-corrected chi connectivity index (χ4v) is 5.92. The molecular formula is C23H26N4S. The summed E-state index contributed by atoms with van der Waals surface area (Å²) in [4.78, 5) is 12.4. The highest BCUT2D eigenvalue weighted by Gasteiger charge is 2.46. The Morgan fingerprint density at radius 1 is 1.14 bits per heavy atom. The number of para-hydroxylation sites is 1. The fourth-order valence-electron chi connectivity index (χ4n) is 4.58. The van der Waals surface area contributed by atoms with Crippen LogP contribution in [-0.4, -0.2) is 31.4 Å². The highest BCUT2D eigenvalue weighted by Crippen LogP contribution is 2.50. The summed E-state index contributed by atoms with van der Waals surface area (Å²) >= 11 is 1.90. The second kappa shape index (κ2) is 6.96. The van der Waals surface area contributed by atoms with Gasteiger partial charge in [0, 0.05) is 46.7 Å². The summed E-state index contributed by atoms with van der Waals surface area (Å²) in [6.45, 7) is 6.80. The molecule has 0 bridgehead atoms. The third kappa shape index (κ3) is 2.67. The molecule has 1 fully saturated rings. The van der Waals surface area contributed by atoms with Gasteiger partial charge in [-0.15, -0.1) is 0 Å². The first-order chi connectivity index (χ1) is 13.7. The minimum atomic E-state index is 0.0458. The van der Waals surface area contributed by atoms with Gasteiger partial charge in [0.05, 0.1) is 11.7 Å². The van der Waals surface area contributed by atoms with Crippen molar-refractivity contribution in [3.63, 3.8) is 0 Å². The van der Waals surface area contributed by atoms with Crippen molar-refractivity contribution in [2.24, 2.45) is 4.99 Å². The molecule has 4 heterocycles. The molecule has 0 saturated carbocycles. The Labute approximate surface area is 170 Å². The molecule has 144 valence electrons. The van der Waals surface area contributed by atoms with Gasteiger partial charge < -0.3 is 9.47 Å². The molecule has 3 atom stereocenters. The van der Waals surface area contributed by atoms with Gasteiger partial charge in [0.1, 0.15) is 6.04 Å². The Morgan fingerprint density at radius 2 is 1.96 bits per heavy atom. The van der Waals surface area contributed by atoms with Gasteiger partial charge in [-0.1, -0.05) is 43.0 Å². The van der Waals surface area contributed by atoms with E-state index in [1.165, 1.54) is 21.6 Å². The number of aliphatic imine (C=N–C) groups is 1. The number of amidine groups is 1. The van der Waals surface area contributed by atoms with Crippen molar-refractivity contribution >= 4 is 27.8 Å². The van der Waals surface area contributed by atoms with E-state index in [4.69, 9.17) is 4.99 Å². The van der Waals surface area contributed by atoms with Gasteiger partial charge in [0.2, 0.25) is 0 Å². The number of aromatic nitrogens is 2. The summed E-state index contributed by atoms with van der Waals surface area (Å²) < 4.78 is 2.41. The van der Waals surface area contributed by atoms with Crippen LogP contribution in [0.2, 0.25) is 0 Å². The topological polar surface area (TPSA) is 33.4 Å². The first-order valence-corrected chi connectivity index (χ1v) is 11.2. The van der Waals surface area contributed by atoms with E-state index in [-0.39, 0.29) is 12.1 Å². The van der Waals surface area contributed by atoms with Crippen LogP contribution in [0.3, 0.4) is 0 Å². The zero-order valence-electron chi connectivity index (χ0n) is 16.6. The average Bonchev–Trinajstić information content (AvgIpc) is 3.39. The third-order valence-electron chi connectivity index (χ3n) is 5.98. The zero-order valence-corrected chi connectivity index (χ0v) is 17.4. The Balaban J connectivity index is 1.71. The van der Waals surface area contributed by atoms with E-state index in [0.29, 0.717) is 12.1 Å². The molecule has 1 saturated heterocycles. The number of nitrogens with zero attached hydrogens (tertiary/aromatic N) is 4. The van der Waals surface area contributed by atoms with Crippen molar-refractivity contribution in [1.29, 1.82) is 0 Å². The third-order valence-corrected chi connectivity index (χ3v) is 7.10. The molecule has 0 radical (unpaired) electrons. The normalized spacial score (nSPS) is 24.2. The van der Waals surface area contributed by atoms with Gasteiger partial charge in [-0.25, -0.2) is 0 Å². The first-order valence-electron chi connectivity index (χ1n) is 10.2. The van der Waals surface area contributed by atoms with Crippen LogP contribution in [0.1, 0.15) is 56.6 Å². The fraction of sp³-hybridized carbons (Fsp3) is 0.391. The smallest absolute Gasteiger partial charge is 0.160 e. The number of fused-ring (bicyclic) bond motifs is 2. The van der Waals surface area contributed by atoms with Gasteiger partial charge in [-0.3, -0.25) is 9.98 Å². The number of hydrogen-bond acceptors (Lipinski definition) is 4. The predicted octanol–water partition coefficient (Wildman–Crippen LogP) is 5.60. The molecule has 0 spiro atoms. The summed E-state index contributed by atoms with van der Waals surface area (Å²) in [6.07, 6.45) is 5.39. The van der Waals surface area contributed by atoms with E-state index in [0.717, 1.165) is 17.9 Å². The van der Waals surface area contributed by atoms with Crippen LogP contribution in [0.15, 0.2) is 59.9 Å². The van der Waals surface area contributed by atoms with Crippen LogP contribution in [0.4, 0.5) is 0 Å². The molecule has 0 unspecified atom stereocenters. The Kier molecular flexibility index (Phi) is 4.43. The predicted molar refractivity (Wildman–Crippen MR) is 118 cm³/mol. The van der Waals surface area contributed by atoms with Crippen LogP contribution in [-0.2, 0) is 0 Å². The first kappa shape index (κ1) is 17.8. The van der Waals surface area contributed by atoms with Crippen molar-refractivity contribution < 1.29 is 0 Å². The number of hydrogen-bond donors (Lipinski definition) is 0. The number of pyridine rings is 1. The summed E-state index contributed by atoms with van der Waals surface area (Å²) in [7, 11) is 0. The summed E-state index contributed by atoms with van der Waals surface area (Å²) in [5.41, 5.74) is 3.74. The maximum absolute atomic E-state index is 5.17. The molecule has 0 N–H and O–H groups in total. The second-order valence-corrected chi connectivity index (χ2v) is 8.93. The van der Waals surface area contributed by atoms with Crippen LogP contribution < -0.4 is 0 Å². The van der Waals surface area contributed by atoms with Crippen molar-refractivity contribution in [3.8, 4) is 0 Å². The average molecular weight is 391 g/mol. The van der Waals surface area contributed by atoms with E-state index in [9.17, 15) is 0 Å². The van der Waals surface area contributed by atoms with Crippen molar-refractivity contribution in [3.05, 3.63) is 66.1 Å². The summed E-state index contributed by atoms with van der Waals surface area (Å²) in [6, 6.07) is 16.2. The molecule has 0 amide bonds. The highest BCUT2D eigenvalue weighted by molar-refractivity contribution is 8.14. The lowest BCUT2D eigenvalue weighted by Gasteiger charge is -2.31. The molecule has 1 aromatic carbocycles. The van der Waals surface area contributed by atoms with Gasteiger partial charge in [-0.2, -0.15) is 0 Å². The zero-order chi connectivity index (χ0) is 19.3.